The van der Waals surface area contributed by atoms with Crippen molar-refractivity contribution in [2.24, 2.45) is 0 Å². The molecule has 0 amide bonds. The van der Waals surface area contributed by atoms with E-state index in [2.05, 4.69) is 216 Å². The van der Waals surface area contributed by atoms with Crippen molar-refractivity contribution < 1.29 is 4.42 Å². The standard InChI is InChI=1S/C57H37N5O/c1-3-15-36(16-4-1)38-19-13-21-40(33-38)55-58-56(60-57(59-55)62-47-26-10-7-23-43(47)44-24-8-11-27-48(44)62)41-29-30-46-52(35-41)63-51-32-31-50-53(54(46)51)45-25-9-12-28-49(45)61(50)42-22-14-20-39(34-42)37-17-5-2-6-18-37/h1-35,50,53H. The van der Waals surface area contributed by atoms with Gasteiger partial charge in [0, 0.05) is 50.1 Å². The lowest BCUT2D eigenvalue weighted by molar-refractivity contribution is 0.584. The average Bonchev–Trinajstić information content (AvgIpc) is 4.02. The van der Waals surface area contributed by atoms with Crippen molar-refractivity contribution in [2.75, 3.05) is 4.90 Å². The molecule has 0 spiro atoms. The van der Waals surface area contributed by atoms with Crippen molar-refractivity contribution in [1.29, 1.82) is 0 Å². The molecule has 13 rings (SSSR count). The summed E-state index contributed by atoms with van der Waals surface area (Å²) in [5.41, 5.74) is 14.1. The van der Waals surface area contributed by atoms with Crippen LogP contribution in [0.4, 0.5) is 11.4 Å². The molecule has 63 heavy (non-hydrogen) atoms. The Bertz CT molecular complexity index is 3550. The minimum absolute atomic E-state index is 0.0768. The molecule has 0 saturated heterocycles. The van der Waals surface area contributed by atoms with Crippen LogP contribution in [0.15, 0.2) is 211 Å². The summed E-state index contributed by atoms with van der Waals surface area (Å²) < 4.78 is 8.97. The third kappa shape index (κ3) is 5.69. The van der Waals surface area contributed by atoms with Gasteiger partial charge in [-0.2, -0.15) is 9.97 Å². The van der Waals surface area contributed by atoms with Crippen molar-refractivity contribution in [1.82, 2.24) is 19.5 Å². The fraction of sp³-hybridized carbons (Fsp3) is 0.0351. The number of hydrogen-bond donors (Lipinski definition) is 0. The number of nitrogens with zero attached hydrogens (tertiary/aromatic N) is 5. The molecule has 0 saturated carbocycles. The van der Waals surface area contributed by atoms with E-state index in [1.807, 2.05) is 6.07 Å². The van der Waals surface area contributed by atoms with Crippen LogP contribution in [0.25, 0.3) is 89.8 Å². The van der Waals surface area contributed by atoms with Gasteiger partial charge in [0.1, 0.15) is 11.3 Å². The molecule has 4 heterocycles. The molecule has 1 aliphatic carbocycles. The molecule has 2 aliphatic rings. The third-order valence-electron chi connectivity index (χ3n) is 12.8. The molecule has 6 nitrogen and oxygen atoms in total. The topological polar surface area (TPSA) is 60.0 Å². The molecule has 0 radical (unpaired) electrons. The van der Waals surface area contributed by atoms with Crippen molar-refractivity contribution in [3.8, 4) is 51.0 Å². The molecule has 2 unspecified atom stereocenters. The van der Waals surface area contributed by atoms with Gasteiger partial charge in [-0.15, -0.1) is 0 Å². The summed E-state index contributed by atoms with van der Waals surface area (Å²) in [4.78, 5) is 18.2. The average molecular weight is 808 g/mol. The quantitative estimate of drug-likeness (QED) is 0.167. The highest BCUT2D eigenvalue weighted by Crippen LogP contribution is 2.54. The number of hydrogen-bond acceptors (Lipinski definition) is 5. The zero-order valence-electron chi connectivity index (χ0n) is 34.0. The lowest BCUT2D eigenvalue weighted by atomic mass is 9.82. The largest absolute Gasteiger partial charge is 0.456 e. The highest BCUT2D eigenvalue weighted by molar-refractivity contribution is 6.09. The first kappa shape index (κ1) is 35.4. The molecular formula is C57H37N5O. The van der Waals surface area contributed by atoms with Gasteiger partial charge in [-0.3, -0.25) is 4.57 Å². The molecule has 2 atom stereocenters. The molecule has 0 bridgehead atoms. The molecule has 0 N–H and O–H groups in total. The Morgan fingerprint density at radius 2 is 1.03 bits per heavy atom. The van der Waals surface area contributed by atoms with Crippen LogP contribution in [0.1, 0.15) is 22.8 Å². The van der Waals surface area contributed by atoms with E-state index in [4.69, 9.17) is 19.4 Å². The summed E-state index contributed by atoms with van der Waals surface area (Å²) in [7, 11) is 0. The van der Waals surface area contributed by atoms with Crippen molar-refractivity contribution >= 4 is 50.2 Å². The summed E-state index contributed by atoms with van der Waals surface area (Å²) >= 11 is 0. The highest BCUT2D eigenvalue weighted by Gasteiger charge is 2.43. The maximum absolute atomic E-state index is 6.81. The molecule has 0 fully saturated rings. The van der Waals surface area contributed by atoms with Crippen molar-refractivity contribution in [3.05, 3.63) is 223 Å². The van der Waals surface area contributed by atoms with Crippen LogP contribution >= 0.6 is 0 Å². The molecule has 11 aromatic rings. The maximum atomic E-state index is 6.81. The van der Waals surface area contributed by atoms with Gasteiger partial charge in [0.2, 0.25) is 5.95 Å². The lowest BCUT2D eigenvalue weighted by Crippen LogP contribution is -2.30. The van der Waals surface area contributed by atoms with Gasteiger partial charge in [-0.05, 0) is 76.4 Å². The molecular weight excluding hydrogens is 771 g/mol. The second-order valence-corrected chi connectivity index (χ2v) is 16.4. The van der Waals surface area contributed by atoms with Crippen molar-refractivity contribution in [2.45, 2.75) is 12.0 Å². The monoisotopic (exact) mass is 807 g/mol. The van der Waals surface area contributed by atoms with E-state index >= 15 is 0 Å². The molecule has 296 valence electrons. The van der Waals surface area contributed by atoms with E-state index in [0.29, 0.717) is 17.6 Å². The summed E-state index contributed by atoms with van der Waals surface area (Å²) in [5, 5.41) is 3.38. The number of para-hydroxylation sites is 3. The van der Waals surface area contributed by atoms with E-state index in [9.17, 15) is 0 Å². The second-order valence-electron chi connectivity index (χ2n) is 16.4. The first-order valence-electron chi connectivity index (χ1n) is 21.4. The third-order valence-corrected chi connectivity index (χ3v) is 12.8. The minimum Gasteiger partial charge on any atom is -0.456 e. The predicted molar refractivity (Wildman–Crippen MR) is 255 cm³/mol. The highest BCUT2D eigenvalue weighted by atomic mass is 16.3. The normalized spacial score (nSPS) is 15.2. The van der Waals surface area contributed by atoms with Gasteiger partial charge in [-0.1, -0.05) is 164 Å². The smallest absolute Gasteiger partial charge is 0.238 e. The maximum Gasteiger partial charge on any atom is 0.238 e. The summed E-state index contributed by atoms with van der Waals surface area (Å²) in [5.74, 6) is 2.69. The van der Waals surface area contributed by atoms with Crippen LogP contribution in [0, 0.1) is 0 Å². The molecule has 8 aromatic carbocycles. The van der Waals surface area contributed by atoms with Crippen LogP contribution in [0.3, 0.4) is 0 Å². The second kappa shape index (κ2) is 14.1. The fourth-order valence-electron chi connectivity index (χ4n) is 10.00. The van der Waals surface area contributed by atoms with Crippen LogP contribution in [-0.2, 0) is 0 Å². The van der Waals surface area contributed by atoms with E-state index in [1.165, 1.54) is 33.6 Å². The van der Waals surface area contributed by atoms with Gasteiger partial charge in [0.05, 0.1) is 17.1 Å². The summed E-state index contributed by atoms with van der Waals surface area (Å²) in [6.07, 6.45) is 4.47. The number of furan rings is 1. The first-order valence-corrected chi connectivity index (χ1v) is 21.4. The van der Waals surface area contributed by atoms with Gasteiger partial charge in [-0.25, -0.2) is 4.98 Å². The molecule has 6 heteroatoms. The fourth-order valence-corrected chi connectivity index (χ4v) is 10.00. The number of aromatic nitrogens is 4. The number of benzene rings is 8. The molecule has 3 aromatic heterocycles. The van der Waals surface area contributed by atoms with E-state index in [-0.39, 0.29) is 12.0 Å². The zero-order chi connectivity index (χ0) is 41.4. The number of fused-ring (bicyclic) bond motifs is 10. The van der Waals surface area contributed by atoms with Gasteiger partial charge < -0.3 is 9.32 Å². The molecule has 1 aliphatic heterocycles. The van der Waals surface area contributed by atoms with Crippen LogP contribution < -0.4 is 4.90 Å². The van der Waals surface area contributed by atoms with E-state index in [1.54, 1.807) is 0 Å². The zero-order valence-corrected chi connectivity index (χ0v) is 34.0. The van der Waals surface area contributed by atoms with Crippen molar-refractivity contribution in [3.63, 3.8) is 0 Å². The van der Waals surface area contributed by atoms with Gasteiger partial charge in [0.25, 0.3) is 0 Å². The van der Waals surface area contributed by atoms with Crippen LogP contribution in [0.2, 0.25) is 0 Å². The Kier molecular flexibility index (Phi) is 7.93. The van der Waals surface area contributed by atoms with E-state index < -0.39 is 0 Å². The van der Waals surface area contributed by atoms with Crippen LogP contribution in [0.5, 0.6) is 0 Å². The SMILES string of the molecule is C1=CC2C(c3ccccc3N2c2cccc(-c3ccccc3)c2)c2c1oc1cc(-c3nc(-c4cccc(-c5ccccc5)c4)nc(-n4c5ccccc5c5ccccc54)n3)ccc21. The first-order chi connectivity index (χ1) is 31.2. The Balaban J connectivity index is 0.952. The van der Waals surface area contributed by atoms with E-state index in [0.717, 1.165) is 60.8 Å². The Morgan fingerprint density at radius 1 is 0.444 bits per heavy atom. The van der Waals surface area contributed by atoms with Gasteiger partial charge in [0.15, 0.2) is 11.6 Å². The Labute approximate surface area is 363 Å². The number of rotatable bonds is 6. The summed E-state index contributed by atoms with van der Waals surface area (Å²) in [6.45, 7) is 0. The summed E-state index contributed by atoms with van der Waals surface area (Å²) in [6, 6.07) is 70.6. The van der Waals surface area contributed by atoms with Gasteiger partial charge >= 0.3 is 0 Å². The Morgan fingerprint density at radius 3 is 1.76 bits per heavy atom. The lowest BCUT2D eigenvalue weighted by Gasteiger charge is -2.30. The Hall–Kier alpha value is -8.35. The number of anilines is 2. The predicted octanol–water partition coefficient (Wildman–Crippen LogP) is 14.1. The minimum atomic E-state index is 0.0768. The van der Waals surface area contributed by atoms with Crippen LogP contribution in [-0.4, -0.2) is 25.6 Å².